The number of hydrogen-bond donors (Lipinski definition) is 1. The molecule has 0 aliphatic heterocycles. The average molecular weight is 224 g/mol. The van der Waals surface area contributed by atoms with E-state index in [4.69, 9.17) is 0 Å². The smallest absolute Gasteiger partial charge is 0.0499 e. The van der Waals surface area contributed by atoms with Gasteiger partial charge < -0.3 is 5.11 Å². The summed E-state index contributed by atoms with van der Waals surface area (Å²) in [6.45, 7) is 2.35. The van der Waals surface area contributed by atoms with E-state index in [-0.39, 0.29) is 6.61 Å². The van der Waals surface area contributed by atoms with Crippen LogP contribution in [0.5, 0.6) is 0 Å². The molecule has 1 nitrogen and oxygen atoms in total. The van der Waals surface area contributed by atoms with Crippen molar-refractivity contribution in [2.24, 2.45) is 0 Å². The van der Waals surface area contributed by atoms with Gasteiger partial charge in [-0.2, -0.15) is 11.8 Å². The largest absolute Gasteiger partial charge is 0.396 e. The molecule has 0 fully saturated rings. The molecule has 0 radical (unpaired) electrons. The quantitative estimate of drug-likeness (QED) is 0.749. The van der Waals surface area contributed by atoms with Crippen molar-refractivity contribution in [1.82, 2.24) is 0 Å². The van der Waals surface area contributed by atoms with Gasteiger partial charge in [0, 0.05) is 12.5 Å². The zero-order valence-electron chi connectivity index (χ0n) is 9.57. The van der Waals surface area contributed by atoms with Gasteiger partial charge in [0.05, 0.1) is 0 Å². The van der Waals surface area contributed by atoms with Crippen LogP contribution in [0.4, 0.5) is 0 Å². The van der Waals surface area contributed by atoms with Gasteiger partial charge in [0.2, 0.25) is 0 Å². The van der Waals surface area contributed by atoms with Crippen molar-refractivity contribution in [3.63, 3.8) is 0 Å². The standard InChI is InChI=1S/C13H20OS/c1-11-5-7-12(8-6-11)13(10-14)4-3-9-15-2/h5-8,13-14H,3-4,9-10H2,1-2H3. The second-order valence-corrected chi connectivity index (χ2v) is 4.91. The van der Waals surface area contributed by atoms with Crippen LogP contribution in [0.25, 0.3) is 0 Å². The maximum Gasteiger partial charge on any atom is 0.0499 e. The molecule has 0 bridgehead atoms. The molecule has 0 aromatic heterocycles. The first-order valence-electron chi connectivity index (χ1n) is 5.44. The van der Waals surface area contributed by atoms with Gasteiger partial charge in [-0.3, -0.25) is 0 Å². The fraction of sp³-hybridized carbons (Fsp3) is 0.538. The van der Waals surface area contributed by atoms with E-state index in [9.17, 15) is 5.11 Å². The van der Waals surface area contributed by atoms with Crippen molar-refractivity contribution in [3.8, 4) is 0 Å². The van der Waals surface area contributed by atoms with Gasteiger partial charge in [0.25, 0.3) is 0 Å². The van der Waals surface area contributed by atoms with Gasteiger partial charge in [-0.05, 0) is 37.3 Å². The lowest BCUT2D eigenvalue weighted by Crippen LogP contribution is -2.04. The van der Waals surface area contributed by atoms with Crippen LogP contribution in [0.1, 0.15) is 29.9 Å². The van der Waals surface area contributed by atoms with Crippen molar-refractivity contribution in [2.45, 2.75) is 25.7 Å². The predicted molar refractivity (Wildman–Crippen MR) is 68.6 cm³/mol. The lowest BCUT2D eigenvalue weighted by molar-refractivity contribution is 0.259. The van der Waals surface area contributed by atoms with Crippen LogP contribution in [-0.2, 0) is 0 Å². The van der Waals surface area contributed by atoms with Gasteiger partial charge in [0.15, 0.2) is 0 Å². The van der Waals surface area contributed by atoms with Gasteiger partial charge in [-0.1, -0.05) is 29.8 Å². The SMILES string of the molecule is CSCCCC(CO)c1ccc(C)cc1. The molecule has 1 aromatic carbocycles. The zero-order chi connectivity index (χ0) is 11.1. The Morgan fingerprint density at radius 3 is 2.47 bits per heavy atom. The van der Waals surface area contributed by atoms with Crippen molar-refractivity contribution in [2.75, 3.05) is 18.6 Å². The van der Waals surface area contributed by atoms with Gasteiger partial charge in [-0.25, -0.2) is 0 Å². The Morgan fingerprint density at radius 2 is 1.93 bits per heavy atom. The van der Waals surface area contributed by atoms with Crippen molar-refractivity contribution in [3.05, 3.63) is 35.4 Å². The van der Waals surface area contributed by atoms with Gasteiger partial charge in [0.1, 0.15) is 0 Å². The van der Waals surface area contributed by atoms with Crippen LogP contribution >= 0.6 is 11.8 Å². The third-order valence-corrected chi connectivity index (χ3v) is 3.37. The summed E-state index contributed by atoms with van der Waals surface area (Å²) < 4.78 is 0. The van der Waals surface area contributed by atoms with E-state index >= 15 is 0 Å². The number of aryl methyl sites for hydroxylation is 1. The summed E-state index contributed by atoms with van der Waals surface area (Å²) >= 11 is 1.87. The molecule has 0 aliphatic rings. The molecule has 1 N–H and O–H groups in total. The highest BCUT2D eigenvalue weighted by Gasteiger charge is 2.09. The minimum absolute atomic E-state index is 0.261. The molecule has 0 aliphatic carbocycles. The van der Waals surface area contributed by atoms with E-state index < -0.39 is 0 Å². The molecule has 0 heterocycles. The molecule has 1 atom stereocenters. The number of rotatable bonds is 6. The molecule has 1 unspecified atom stereocenters. The number of hydrogen-bond acceptors (Lipinski definition) is 2. The van der Waals surface area contributed by atoms with Crippen molar-refractivity contribution >= 4 is 11.8 Å². The first-order valence-corrected chi connectivity index (χ1v) is 6.83. The molecule has 84 valence electrons. The minimum Gasteiger partial charge on any atom is -0.396 e. The zero-order valence-corrected chi connectivity index (χ0v) is 10.4. The highest BCUT2D eigenvalue weighted by molar-refractivity contribution is 7.98. The third-order valence-electron chi connectivity index (χ3n) is 2.67. The lowest BCUT2D eigenvalue weighted by Gasteiger charge is -2.14. The number of aliphatic hydroxyl groups excluding tert-OH is 1. The summed E-state index contributed by atoms with van der Waals surface area (Å²) in [5, 5.41) is 9.34. The van der Waals surface area contributed by atoms with Crippen LogP contribution in [-0.4, -0.2) is 23.7 Å². The summed E-state index contributed by atoms with van der Waals surface area (Å²) in [4.78, 5) is 0. The molecule has 0 spiro atoms. The van der Waals surface area contributed by atoms with Crippen LogP contribution in [0.3, 0.4) is 0 Å². The Hall–Kier alpha value is -0.470. The van der Waals surface area contributed by atoms with E-state index in [2.05, 4.69) is 37.4 Å². The van der Waals surface area contributed by atoms with Crippen molar-refractivity contribution in [1.29, 1.82) is 0 Å². The molecule has 2 heteroatoms. The summed E-state index contributed by atoms with van der Waals surface area (Å²) in [5.41, 5.74) is 2.55. The second-order valence-electron chi connectivity index (χ2n) is 3.93. The van der Waals surface area contributed by atoms with Crippen LogP contribution in [0, 0.1) is 6.92 Å². The summed E-state index contributed by atoms with van der Waals surface area (Å²) in [5.74, 6) is 1.50. The number of thioether (sulfide) groups is 1. The number of aliphatic hydroxyl groups is 1. The molecule has 1 aromatic rings. The first-order chi connectivity index (χ1) is 7.27. The van der Waals surface area contributed by atoms with Crippen molar-refractivity contribution < 1.29 is 5.11 Å². The molecule has 15 heavy (non-hydrogen) atoms. The fourth-order valence-electron chi connectivity index (χ4n) is 1.68. The maximum absolute atomic E-state index is 9.34. The Bertz CT molecular complexity index is 268. The normalized spacial score (nSPS) is 12.7. The molecular formula is C13H20OS. The Balaban J connectivity index is 2.53. The highest BCUT2D eigenvalue weighted by atomic mass is 32.2. The van der Waals surface area contributed by atoms with Crippen LogP contribution in [0.2, 0.25) is 0 Å². The third kappa shape index (κ3) is 4.27. The van der Waals surface area contributed by atoms with E-state index in [0.717, 1.165) is 6.42 Å². The summed E-state index contributed by atoms with van der Waals surface area (Å²) in [6, 6.07) is 8.50. The predicted octanol–water partition coefficient (Wildman–Crippen LogP) is 3.21. The highest BCUT2D eigenvalue weighted by Crippen LogP contribution is 2.21. The Morgan fingerprint density at radius 1 is 1.27 bits per heavy atom. The average Bonchev–Trinajstić information content (AvgIpc) is 2.26. The minimum atomic E-state index is 0.261. The first kappa shape index (κ1) is 12.6. The van der Waals surface area contributed by atoms with Gasteiger partial charge in [-0.15, -0.1) is 0 Å². The lowest BCUT2D eigenvalue weighted by atomic mass is 9.95. The monoisotopic (exact) mass is 224 g/mol. The summed E-state index contributed by atoms with van der Waals surface area (Å²) in [7, 11) is 0. The van der Waals surface area contributed by atoms with E-state index in [0.29, 0.717) is 5.92 Å². The Labute approximate surface area is 96.9 Å². The molecule has 0 amide bonds. The molecule has 0 saturated heterocycles. The Kier molecular flexibility index (Phi) is 5.81. The summed E-state index contributed by atoms with van der Waals surface area (Å²) in [6.07, 6.45) is 4.39. The number of benzene rings is 1. The van der Waals surface area contributed by atoms with E-state index in [1.807, 2.05) is 11.8 Å². The van der Waals surface area contributed by atoms with Gasteiger partial charge >= 0.3 is 0 Å². The molecule has 1 rings (SSSR count). The molecular weight excluding hydrogens is 204 g/mol. The fourth-order valence-corrected chi connectivity index (χ4v) is 2.13. The topological polar surface area (TPSA) is 20.2 Å². The van der Waals surface area contributed by atoms with E-state index in [1.54, 1.807) is 0 Å². The van der Waals surface area contributed by atoms with Crippen LogP contribution < -0.4 is 0 Å². The van der Waals surface area contributed by atoms with E-state index in [1.165, 1.54) is 23.3 Å². The van der Waals surface area contributed by atoms with Crippen LogP contribution in [0.15, 0.2) is 24.3 Å². The second kappa shape index (κ2) is 6.91. The maximum atomic E-state index is 9.34. The molecule has 0 saturated carbocycles.